The highest BCUT2D eigenvalue weighted by molar-refractivity contribution is 5.95. The molecule has 0 aliphatic carbocycles. The smallest absolute Gasteiger partial charge is 0.227 e. The van der Waals surface area contributed by atoms with Crippen molar-refractivity contribution in [3.8, 4) is 0 Å². The van der Waals surface area contributed by atoms with Gasteiger partial charge in [0.25, 0.3) is 0 Å². The van der Waals surface area contributed by atoms with E-state index >= 15 is 0 Å². The van der Waals surface area contributed by atoms with E-state index in [2.05, 4.69) is 20.0 Å². The Balaban J connectivity index is 1.43. The Hall–Kier alpha value is -2.44. The van der Waals surface area contributed by atoms with Crippen LogP contribution in [0.1, 0.15) is 18.9 Å². The fourth-order valence-corrected chi connectivity index (χ4v) is 2.83. The zero-order chi connectivity index (χ0) is 14.2. The van der Waals surface area contributed by atoms with Gasteiger partial charge < -0.3 is 9.80 Å². The van der Waals surface area contributed by atoms with Crippen LogP contribution < -0.4 is 9.80 Å². The molecular weight excluding hydrogens is 268 g/mol. The highest BCUT2D eigenvalue weighted by Gasteiger charge is 2.31. The van der Waals surface area contributed by atoms with E-state index in [9.17, 15) is 4.79 Å². The van der Waals surface area contributed by atoms with Crippen molar-refractivity contribution in [1.29, 1.82) is 0 Å². The maximum atomic E-state index is 11.7. The standard InChI is InChI=1S/C14H16N6O/c21-13-3-1-6-19(13)11-7-17-20(10-11)12-8-18(9-12)14-15-4-2-5-16-14/h2,4-5,7,10,12H,1,3,6,8-9H2. The molecule has 4 rings (SSSR count). The SMILES string of the molecule is O=C1CCCN1c1cnn(C2CN(c3ncccn3)C2)c1. The van der Waals surface area contributed by atoms with Gasteiger partial charge in [-0.2, -0.15) is 5.10 Å². The molecule has 4 heterocycles. The first kappa shape index (κ1) is 12.3. The number of hydrogen-bond acceptors (Lipinski definition) is 5. The summed E-state index contributed by atoms with van der Waals surface area (Å²) in [6.07, 6.45) is 8.84. The van der Waals surface area contributed by atoms with Gasteiger partial charge in [0, 0.05) is 44.6 Å². The van der Waals surface area contributed by atoms with Crippen molar-refractivity contribution in [2.24, 2.45) is 0 Å². The molecule has 0 bridgehead atoms. The molecule has 0 atom stereocenters. The maximum absolute atomic E-state index is 11.7. The van der Waals surface area contributed by atoms with Crippen LogP contribution in [0.25, 0.3) is 0 Å². The van der Waals surface area contributed by atoms with Gasteiger partial charge in [-0.1, -0.05) is 0 Å². The number of hydrogen-bond donors (Lipinski definition) is 0. The van der Waals surface area contributed by atoms with Crippen LogP contribution in [-0.4, -0.2) is 45.3 Å². The lowest BCUT2D eigenvalue weighted by atomic mass is 10.1. The first-order chi connectivity index (χ1) is 10.3. The van der Waals surface area contributed by atoms with E-state index < -0.39 is 0 Å². The zero-order valence-corrected chi connectivity index (χ0v) is 11.6. The number of rotatable bonds is 3. The van der Waals surface area contributed by atoms with Crippen LogP contribution in [0.2, 0.25) is 0 Å². The van der Waals surface area contributed by atoms with Crippen molar-refractivity contribution >= 4 is 17.5 Å². The Morgan fingerprint density at radius 2 is 2.00 bits per heavy atom. The molecule has 2 aliphatic heterocycles. The molecule has 2 aromatic rings. The highest BCUT2D eigenvalue weighted by atomic mass is 16.2. The van der Waals surface area contributed by atoms with Crippen LogP contribution in [0.3, 0.4) is 0 Å². The van der Waals surface area contributed by atoms with E-state index in [0.29, 0.717) is 12.5 Å². The van der Waals surface area contributed by atoms with Gasteiger partial charge in [0.1, 0.15) is 0 Å². The van der Waals surface area contributed by atoms with Crippen molar-refractivity contribution < 1.29 is 4.79 Å². The average molecular weight is 284 g/mol. The van der Waals surface area contributed by atoms with Crippen LogP contribution in [0.15, 0.2) is 30.9 Å². The molecular formula is C14H16N6O. The molecule has 7 nitrogen and oxygen atoms in total. The van der Waals surface area contributed by atoms with Crippen LogP contribution in [0, 0.1) is 0 Å². The van der Waals surface area contributed by atoms with Gasteiger partial charge in [0.15, 0.2) is 0 Å². The normalized spacial score (nSPS) is 19.1. The third kappa shape index (κ3) is 2.14. The number of nitrogens with zero attached hydrogens (tertiary/aromatic N) is 6. The van der Waals surface area contributed by atoms with E-state index in [-0.39, 0.29) is 5.91 Å². The molecule has 0 radical (unpaired) electrons. The van der Waals surface area contributed by atoms with Crippen molar-refractivity contribution in [2.75, 3.05) is 29.4 Å². The summed E-state index contributed by atoms with van der Waals surface area (Å²) in [6.45, 7) is 2.50. The summed E-state index contributed by atoms with van der Waals surface area (Å²) in [5.74, 6) is 0.957. The summed E-state index contributed by atoms with van der Waals surface area (Å²) in [4.78, 5) is 24.2. The third-order valence-corrected chi connectivity index (χ3v) is 4.04. The lowest BCUT2D eigenvalue weighted by molar-refractivity contribution is -0.117. The average Bonchev–Trinajstić information content (AvgIpc) is 3.07. The molecule has 2 aromatic heterocycles. The van der Waals surface area contributed by atoms with E-state index in [0.717, 1.165) is 37.7 Å². The number of anilines is 2. The second-order valence-electron chi connectivity index (χ2n) is 5.44. The molecule has 0 saturated carbocycles. The molecule has 2 aliphatic rings. The number of carbonyl (C=O) groups excluding carboxylic acids is 1. The predicted octanol–water partition coefficient (Wildman–Crippen LogP) is 0.861. The summed E-state index contributed by atoms with van der Waals surface area (Å²) >= 11 is 0. The zero-order valence-electron chi connectivity index (χ0n) is 11.6. The molecule has 0 spiro atoms. The number of aromatic nitrogens is 4. The van der Waals surface area contributed by atoms with Crippen molar-refractivity contribution in [3.05, 3.63) is 30.9 Å². The van der Waals surface area contributed by atoms with Crippen molar-refractivity contribution in [2.45, 2.75) is 18.9 Å². The minimum atomic E-state index is 0.197. The summed E-state index contributed by atoms with van der Waals surface area (Å²) in [7, 11) is 0. The maximum Gasteiger partial charge on any atom is 0.227 e. The van der Waals surface area contributed by atoms with Gasteiger partial charge in [-0.05, 0) is 12.5 Å². The second kappa shape index (κ2) is 4.83. The molecule has 0 N–H and O–H groups in total. The summed E-state index contributed by atoms with van der Waals surface area (Å²) < 4.78 is 1.94. The molecule has 7 heteroatoms. The topological polar surface area (TPSA) is 67.2 Å². The van der Waals surface area contributed by atoms with Crippen LogP contribution in [0.4, 0.5) is 11.6 Å². The summed E-state index contributed by atoms with van der Waals surface area (Å²) in [5, 5.41) is 4.40. The Morgan fingerprint density at radius 3 is 2.71 bits per heavy atom. The minimum absolute atomic E-state index is 0.197. The van der Waals surface area contributed by atoms with E-state index in [4.69, 9.17) is 0 Å². The van der Waals surface area contributed by atoms with Gasteiger partial charge in [-0.15, -0.1) is 0 Å². The van der Waals surface area contributed by atoms with Gasteiger partial charge in [0.05, 0.1) is 17.9 Å². The third-order valence-electron chi connectivity index (χ3n) is 4.04. The quantitative estimate of drug-likeness (QED) is 0.836. The Kier molecular flexibility index (Phi) is 2.83. The molecule has 0 unspecified atom stereocenters. The van der Waals surface area contributed by atoms with Gasteiger partial charge in [-0.25, -0.2) is 9.97 Å². The molecule has 1 amide bonds. The molecule has 21 heavy (non-hydrogen) atoms. The molecule has 2 fully saturated rings. The number of amides is 1. The van der Waals surface area contributed by atoms with E-state index in [1.165, 1.54) is 0 Å². The lowest BCUT2D eigenvalue weighted by Gasteiger charge is -2.39. The van der Waals surface area contributed by atoms with Crippen LogP contribution in [0.5, 0.6) is 0 Å². The van der Waals surface area contributed by atoms with E-state index in [1.54, 1.807) is 18.6 Å². The Morgan fingerprint density at radius 1 is 1.19 bits per heavy atom. The monoisotopic (exact) mass is 284 g/mol. The molecule has 108 valence electrons. The summed E-state index contributed by atoms with van der Waals surface area (Å²) in [6, 6.07) is 2.13. The fourth-order valence-electron chi connectivity index (χ4n) is 2.83. The highest BCUT2D eigenvalue weighted by Crippen LogP contribution is 2.27. The van der Waals surface area contributed by atoms with Gasteiger partial charge in [0.2, 0.25) is 11.9 Å². The first-order valence-corrected chi connectivity index (χ1v) is 7.18. The number of carbonyl (C=O) groups is 1. The minimum Gasteiger partial charge on any atom is -0.336 e. The summed E-state index contributed by atoms with van der Waals surface area (Å²) in [5.41, 5.74) is 0.909. The van der Waals surface area contributed by atoms with Gasteiger partial charge >= 0.3 is 0 Å². The fraction of sp³-hybridized carbons (Fsp3) is 0.429. The van der Waals surface area contributed by atoms with Crippen LogP contribution in [-0.2, 0) is 4.79 Å². The van der Waals surface area contributed by atoms with Crippen molar-refractivity contribution in [1.82, 2.24) is 19.7 Å². The van der Waals surface area contributed by atoms with Crippen LogP contribution >= 0.6 is 0 Å². The molecule has 0 aromatic carbocycles. The Bertz CT molecular complexity index is 648. The molecule has 2 saturated heterocycles. The van der Waals surface area contributed by atoms with Crippen molar-refractivity contribution in [3.63, 3.8) is 0 Å². The first-order valence-electron chi connectivity index (χ1n) is 7.18. The predicted molar refractivity (Wildman–Crippen MR) is 77.1 cm³/mol. The Labute approximate surface area is 122 Å². The lowest BCUT2D eigenvalue weighted by Crippen LogP contribution is -2.48. The van der Waals surface area contributed by atoms with Gasteiger partial charge in [-0.3, -0.25) is 9.48 Å². The largest absolute Gasteiger partial charge is 0.336 e. The van der Waals surface area contributed by atoms with E-state index in [1.807, 2.05) is 21.8 Å². The second-order valence-corrected chi connectivity index (χ2v) is 5.44.